The first kappa shape index (κ1) is 16.5. The number of imidazole rings is 1. The van der Waals surface area contributed by atoms with Crippen molar-refractivity contribution in [2.45, 2.75) is 12.6 Å². The van der Waals surface area contributed by atoms with Gasteiger partial charge in [-0.25, -0.2) is 14.2 Å². The van der Waals surface area contributed by atoms with Crippen molar-refractivity contribution >= 4 is 11.5 Å². The number of ether oxygens (including phenoxy) is 1. The zero-order valence-electron chi connectivity index (χ0n) is 14.1. The van der Waals surface area contributed by atoms with Crippen molar-refractivity contribution < 1.29 is 13.9 Å². The van der Waals surface area contributed by atoms with Gasteiger partial charge in [0.15, 0.2) is 0 Å². The molecule has 134 valence electrons. The maximum atomic E-state index is 13.2. The molecule has 2 amide bonds. The molecule has 0 spiro atoms. The van der Waals surface area contributed by atoms with E-state index in [9.17, 15) is 9.18 Å². The van der Waals surface area contributed by atoms with Crippen LogP contribution < -0.4 is 5.32 Å². The number of amides is 2. The zero-order chi connectivity index (χ0) is 17.9. The quantitative estimate of drug-likeness (QED) is 0.787. The maximum absolute atomic E-state index is 13.2. The summed E-state index contributed by atoms with van der Waals surface area (Å²) in [6.07, 6.45) is 5.45. The topological polar surface area (TPSA) is 58.9 Å². The van der Waals surface area contributed by atoms with E-state index in [2.05, 4.69) is 10.3 Å². The van der Waals surface area contributed by atoms with Gasteiger partial charge < -0.3 is 19.4 Å². The van der Waals surface area contributed by atoms with Crippen molar-refractivity contribution in [2.24, 2.45) is 0 Å². The molecule has 1 aliphatic heterocycles. The lowest BCUT2D eigenvalue weighted by Crippen LogP contribution is -2.47. The summed E-state index contributed by atoms with van der Waals surface area (Å²) in [5, 5.41) is 2.96. The molecule has 1 N–H and O–H groups in total. The van der Waals surface area contributed by atoms with Crippen molar-refractivity contribution in [3.05, 3.63) is 72.1 Å². The summed E-state index contributed by atoms with van der Waals surface area (Å²) in [6, 6.07) is 9.75. The Morgan fingerprint density at radius 1 is 1.27 bits per heavy atom. The number of nitrogens with one attached hydrogen (secondary N) is 1. The summed E-state index contributed by atoms with van der Waals surface area (Å²) in [7, 11) is 0. The van der Waals surface area contributed by atoms with E-state index in [1.807, 2.05) is 22.7 Å². The molecule has 26 heavy (non-hydrogen) atoms. The number of hydrogen-bond acceptors (Lipinski definition) is 3. The molecule has 1 fully saturated rings. The van der Waals surface area contributed by atoms with Crippen LogP contribution in [0.3, 0.4) is 0 Å². The van der Waals surface area contributed by atoms with E-state index in [0.717, 1.165) is 16.6 Å². The number of pyridine rings is 1. The molecule has 3 heterocycles. The first-order chi connectivity index (χ1) is 12.7. The number of nitrogens with zero attached hydrogens (tertiary/aromatic N) is 3. The number of carbonyl (C=O) groups is 1. The van der Waals surface area contributed by atoms with Crippen LogP contribution in [-0.2, 0) is 11.3 Å². The fourth-order valence-electron chi connectivity index (χ4n) is 3.16. The Morgan fingerprint density at radius 2 is 2.12 bits per heavy atom. The van der Waals surface area contributed by atoms with Crippen molar-refractivity contribution in [2.75, 3.05) is 19.8 Å². The second-order valence-corrected chi connectivity index (χ2v) is 6.26. The molecule has 0 saturated carbocycles. The lowest BCUT2D eigenvalue weighted by molar-refractivity contribution is 0.0115. The standard InChI is InChI=1S/C19H19FN4O2/c20-16-4-2-15(3-5-16)18-12-26-8-7-24(18)19(25)22-9-14-1-6-17-10-21-13-23(17)11-14/h1-6,10-11,13,18H,7-9,12H2,(H,22,25). The highest BCUT2D eigenvalue weighted by molar-refractivity contribution is 5.75. The lowest BCUT2D eigenvalue weighted by atomic mass is 10.1. The molecule has 1 saturated heterocycles. The molecule has 1 aliphatic rings. The molecule has 0 aliphatic carbocycles. The van der Waals surface area contributed by atoms with E-state index in [1.54, 1.807) is 29.6 Å². The van der Waals surface area contributed by atoms with Crippen LogP contribution in [0.1, 0.15) is 17.2 Å². The van der Waals surface area contributed by atoms with Crippen LogP contribution in [0.2, 0.25) is 0 Å². The second kappa shape index (κ2) is 7.13. The molecule has 3 aromatic rings. The van der Waals surface area contributed by atoms with Crippen LogP contribution in [0.25, 0.3) is 5.52 Å². The molecule has 4 rings (SSSR count). The van der Waals surface area contributed by atoms with Crippen molar-refractivity contribution in [1.82, 2.24) is 19.6 Å². The minimum Gasteiger partial charge on any atom is -0.377 e. The third-order valence-corrected chi connectivity index (χ3v) is 4.56. The third-order valence-electron chi connectivity index (χ3n) is 4.56. The van der Waals surface area contributed by atoms with Gasteiger partial charge in [0.1, 0.15) is 5.82 Å². The highest BCUT2D eigenvalue weighted by atomic mass is 19.1. The molecule has 0 radical (unpaired) electrons. The number of benzene rings is 1. The normalized spacial score (nSPS) is 17.4. The Hall–Kier alpha value is -2.93. The number of urea groups is 1. The largest absolute Gasteiger partial charge is 0.377 e. The van der Waals surface area contributed by atoms with Gasteiger partial charge in [-0.15, -0.1) is 0 Å². The Balaban J connectivity index is 1.45. The monoisotopic (exact) mass is 354 g/mol. The van der Waals surface area contributed by atoms with E-state index in [0.29, 0.717) is 26.3 Å². The van der Waals surface area contributed by atoms with Gasteiger partial charge in [0, 0.05) is 19.3 Å². The Morgan fingerprint density at radius 3 is 2.96 bits per heavy atom. The molecular weight excluding hydrogens is 335 g/mol. The summed E-state index contributed by atoms with van der Waals surface area (Å²) >= 11 is 0. The molecule has 7 heteroatoms. The van der Waals surface area contributed by atoms with Gasteiger partial charge in [-0.1, -0.05) is 18.2 Å². The molecule has 1 aromatic carbocycles. The van der Waals surface area contributed by atoms with Crippen molar-refractivity contribution in [3.63, 3.8) is 0 Å². The van der Waals surface area contributed by atoms with E-state index < -0.39 is 0 Å². The van der Waals surface area contributed by atoms with Crippen LogP contribution >= 0.6 is 0 Å². The minimum atomic E-state index is -0.295. The molecule has 2 aromatic heterocycles. The van der Waals surface area contributed by atoms with Crippen LogP contribution in [0.5, 0.6) is 0 Å². The van der Waals surface area contributed by atoms with E-state index in [4.69, 9.17) is 4.74 Å². The molecule has 0 bridgehead atoms. The molecular formula is C19H19FN4O2. The fraction of sp³-hybridized carbons (Fsp3) is 0.263. The summed E-state index contributed by atoms with van der Waals surface area (Å²) in [6.45, 7) is 1.81. The number of fused-ring (bicyclic) bond motifs is 1. The van der Waals surface area contributed by atoms with Crippen LogP contribution in [-0.4, -0.2) is 40.1 Å². The number of rotatable bonds is 3. The number of halogens is 1. The predicted octanol–water partition coefficient (Wildman–Crippen LogP) is 2.76. The predicted molar refractivity (Wildman–Crippen MR) is 94.1 cm³/mol. The van der Waals surface area contributed by atoms with Gasteiger partial charge in [0.05, 0.1) is 37.3 Å². The van der Waals surface area contributed by atoms with Gasteiger partial charge in [-0.3, -0.25) is 0 Å². The maximum Gasteiger partial charge on any atom is 0.318 e. The van der Waals surface area contributed by atoms with Crippen LogP contribution in [0.4, 0.5) is 9.18 Å². The Bertz CT molecular complexity index is 909. The average molecular weight is 354 g/mol. The van der Waals surface area contributed by atoms with Gasteiger partial charge in [-0.2, -0.15) is 0 Å². The zero-order valence-corrected chi connectivity index (χ0v) is 14.1. The smallest absolute Gasteiger partial charge is 0.318 e. The SMILES string of the molecule is O=C(NCc1ccc2cncn2c1)N1CCOCC1c1ccc(F)cc1. The first-order valence-corrected chi connectivity index (χ1v) is 8.49. The van der Waals surface area contributed by atoms with Crippen LogP contribution in [0.15, 0.2) is 55.1 Å². The number of hydrogen-bond donors (Lipinski definition) is 1. The van der Waals surface area contributed by atoms with Gasteiger partial charge in [-0.05, 0) is 29.3 Å². The van der Waals surface area contributed by atoms with Gasteiger partial charge in [0.2, 0.25) is 0 Å². The summed E-state index contributed by atoms with van der Waals surface area (Å²) in [5.41, 5.74) is 2.85. The summed E-state index contributed by atoms with van der Waals surface area (Å²) in [4.78, 5) is 18.5. The van der Waals surface area contributed by atoms with E-state index in [1.165, 1.54) is 12.1 Å². The van der Waals surface area contributed by atoms with Gasteiger partial charge >= 0.3 is 6.03 Å². The highest BCUT2D eigenvalue weighted by Gasteiger charge is 2.28. The van der Waals surface area contributed by atoms with Gasteiger partial charge in [0.25, 0.3) is 0 Å². The number of aromatic nitrogens is 2. The molecule has 6 nitrogen and oxygen atoms in total. The first-order valence-electron chi connectivity index (χ1n) is 8.49. The summed E-state index contributed by atoms with van der Waals surface area (Å²) < 4.78 is 20.6. The van der Waals surface area contributed by atoms with Crippen molar-refractivity contribution in [1.29, 1.82) is 0 Å². The molecule has 1 atom stereocenters. The minimum absolute atomic E-state index is 0.159. The summed E-state index contributed by atoms with van der Waals surface area (Å²) in [5.74, 6) is -0.295. The second-order valence-electron chi connectivity index (χ2n) is 6.26. The number of morpholine rings is 1. The average Bonchev–Trinajstić information content (AvgIpc) is 3.14. The number of carbonyl (C=O) groups excluding carboxylic acids is 1. The Kier molecular flexibility index (Phi) is 4.53. The Labute approximate surface area is 150 Å². The van der Waals surface area contributed by atoms with Crippen LogP contribution in [0, 0.1) is 5.82 Å². The molecule has 1 unspecified atom stereocenters. The highest BCUT2D eigenvalue weighted by Crippen LogP contribution is 2.24. The third kappa shape index (κ3) is 3.39. The van der Waals surface area contributed by atoms with E-state index >= 15 is 0 Å². The van der Waals surface area contributed by atoms with E-state index in [-0.39, 0.29) is 17.9 Å². The van der Waals surface area contributed by atoms with Crippen molar-refractivity contribution in [3.8, 4) is 0 Å². The lowest BCUT2D eigenvalue weighted by Gasteiger charge is -2.35. The fourth-order valence-corrected chi connectivity index (χ4v) is 3.16.